The van der Waals surface area contributed by atoms with Crippen LogP contribution in [-0.2, 0) is 11.8 Å². The molecule has 0 aliphatic heterocycles. The lowest BCUT2D eigenvalue weighted by molar-refractivity contribution is 0.0590. The molecule has 0 N–H and O–H groups in total. The van der Waals surface area contributed by atoms with Crippen molar-refractivity contribution in [2.24, 2.45) is 7.05 Å². The Hall–Kier alpha value is -2.07. The Bertz CT molecular complexity index is 632. The monoisotopic (exact) mass is 277 g/mol. The van der Waals surface area contributed by atoms with Gasteiger partial charge in [0.1, 0.15) is 5.69 Å². The van der Waals surface area contributed by atoms with Crippen LogP contribution >= 0.6 is 11.6 Å². The largest absolute Gasteiger partial charge is 0.464 e. The Balaban J connectivity index is 2.48. The number of rotatable bonds is 3. The molecule has 0 aliphatic carbocycles. The molecule has 5 heteroatoms. The summed E-state index contributed by atoms with van der Waals surface area (Å²) in [6, 6.07) is 10.3. The van der Waals surface area contributed by atoms with Gasteiger partial charge in [-0.05, 0) is 6.07 Å². The second-order valence-electron chi connectivity index (χ2n) is 3.97. The molecule has 0 radical (unpaired) electrons. The number of esters is 1. The maximum absolute atomic E-state index is 12.3. The first-order chi connectivity index (χ1) is 9.06. The molecule has 2 aromatic rings. The molecule has 0 bridgehead atoms. The first-order valence-electron chi connectivity index (χ1n) is 5.59. The van der Waals surface area contributed by atoms with Crippen molar-refractivity contribution in [1.29, 1.82) is 0 Å². The van der Waals surface area contributed by atoms with E-state index in [2.05, 4.69) is 4.74 Å². The Morgan fingerprint density at radius 3 is 2.42 bits per heavy atom. The van der Waals surface area contributed by atoms with Crippen molar-refractivity contribution in [1.82, 2.24) is 4.57 Å². The molecule has 0 saturated heterocycles. The van der Waals surface area contributed by atoms with Gasteiger partial charge in [-0.1, -0.05) is 41.9 Å². The normalized spacial score (nSPS) is 10.3. The summed E-state index contributed by atoms with van der Waals surface area (Å²) in [6.07, 6.45) is 0. The second kappa shape index (κ2) is 5.28. The van der Waals surface area contributed by atoms with Gasteiger partial charge in [0, 0.05) is 12.6 Å². The van der Waals surface area contributed by atoms with Crippen molar-refractivity contribution in [3.05, 3.63) is 58.4 Å². The quantitative estimate of drug-likeness (QED) is 0.640. The summed E-state index contributed by atoms with van der Waals surface area (Å²) in [5.41, 5.74) is 1.05. The lowest BCUT2D eigenvalue weighted by atomic mass is 10.1. The summed E-state index contributed by atoms with van der Waals surface area (Å²) in [4.78, 5) is 23.9. The first kappa shape index (κ1) is 13.4. The predicted molar refractivity (Wildman–Crippen MR) is 71.6 cm³/mol. The van der Waals surface area contributed by atoms with Crippen LogP contribution in [0.4, 0.5) is 0 Å². The van der Waals surface area contributed by atoms with Gasteiger partial charge in [-0.2, -0.15) is 0 Å². The highest BCUT2D eigenvalue weighted by molar-refractivity contribution is 6.34. The summed E-state index contributed by atoms with van der Waals surface area (Å²) in [5, 5.41) is 0.202. The average molecular weight is 278 g/mol. The van der Waals surface area contributed by atoms with Gasteiger partial charge in [0.25, 0.3) is 0 Å². The summed E-state index contributed by atoms with van der Waals surface area (Å²) in [6.45, 7) is 0. The number of ketones is 1. The van der Waals surface area contributed by atoms with Crippen molar-refractivity contribution < 1.29 is 14.3 Å². The SMILES string of the molecule is COC(=O)c1c(Cl)cc(C(=O)c2ccccc2)n1C. The Labute approximate surface area is 115 Å². The molecule has 0 aliphatic rings. The molecule has 19 heavy (non-hydrogen) atoms. The fourth-order valence-corrected chi connectivity index (χ4v) is 2.16. The number of halogens is 1. The Kier molecular flexibility index (Phi) is 3.71. The van der Waals surface area contributed by atoms with E-state index in [4.69, 9.17) is 11.6 Å². The number of carbonyl (C=O) groups excluding carboxylic acids is 2. The molecule has 0 fully saturated rings. The van der Waals surface area contributed by atoms with E-state index in [1.54, 1.807) is 31.3 Å². The van der Waals surface area contributed by atoms with Crippen LogP contribution in [0.15, 0.2) is 36.4 Å². The number of aromatic nitrogens is 1. The molecule has 0 saturated carbocycles. The molecular formula is C14H12ClNO3. The number of nitrogens with zero attached hydrogens (tertiary/aromatic N) is 1. The zero-order chi connectivity index (χ0) is 14.0. The summed E-state index contributed by atoms with van der Waals surface area (Å²) >= 11 is 5.98. The highest BCUT2D eigenvalue weighted by Gasteiger charge is 2.22. The summed E-state index contributed by atoms with van der Waals surface area (Å²) < 4.78 is 6.09. The lowest BCUT2D eigenvalue weighted by Crippen LogP contribution is -2.13. The molecular weight excluding hydrogens is 266 g/mol. The predicted octanol–water partition coefficient (Wildman–Crippen LogP) is 2.70. The van der Waals surface area contributed by atoms with E-state index in [0.717, 1.165) is 0 Å². The molecule has 1 aromatic carbocycles. The van der Waals surface area contributed by atoms with Crippen LogP contribution in [0.3, 0.4) is 0 Å². The molecule has 0 amide bonds. The maximum Gasteiger partial charge on any atom is 0.356 e. The number of methoxy groups -OCH3 is 1. The summed E-state index contributed by atoms with van der Waals surface area (Å²) in [5.74, 6) is -0.764. The van der Waals surface area contributed by atoms with Gasteiger partial charge in [-0.15, -0.1) is 0 Å². The van der Waals surface area contributed by atoms with Gasteiger partial charge in [0.15, 0.2) is 0 Å². The zero-order valence-corrected chi connectivity index (χ0v) is 11.3. The zero-order valence-electron chi connectivity index (χ0n) is 10.5. The molecule has 4 nitrogen and oxygen atoms in total. The third-order valence-corrected chi connectivity index (χ3v) is 3.12. The fourth-order valence-electron chi connectivity index (χ4n) is 1.85. The molecule has 0 unspecified atom stereocenters. The van der Waals surface area contributed by atoms with E-state index in [1.165, 1.54) is 17.7 Å². The molecule has 98 valence electrons. The lowest BCUT2D eigenvalue weighted by Gasteiger charge is -2.05. The van der Waals surface area contributed by atoms with Crippen molar-refractivity contribution in [2.75, 3.05) is 7.11 Å². The highest BCUT2D eigenvalue weighted by Crippen LogP contribution is 2.23. The minimum atomic E-state index is -0.570. The van der Waals surface area contributed by atoms with Gasteiger partial charge >= 0.3 is 5.97 Å². The number of ether oxygens (including phenoxy) is 1. The van der Waals surface area contributed by atoms with E-state index >= 15 is 0 Å². The molecule has 2 rings (SSSR count). The minimum absolute atomic E-state index is 0.170. The van der Waals surface area contributed by atoms with Crippen molar-refractivity contribution >= 4 is 23.4 Å². The first-order valence-corrected chi connectivity index (χ1v) is 5.97. The van der Waals surface area contributed by atoms with Crippen LogP contribution < -0.4 is 0 Å². The van der Waals surface area contributed by atoms with E-state index in [9.17, 15) is 9.59 Å². The van der Waals surface area contributed by atoms with Gasteiger partial charge in [0.2, 0.25) is 5.78 Å². The van der Waals surface area contributed by atoms with Crippen molar-refractivity contribution in [3.63, 3.8) is 0 Å². The van der Waals surface area contributed by atoms with Crippen LogP contribution in [0.2, 0.25) is 5.02 Å². The van der Waals surface area contributed by atoms with E-state index in [0.29, 0.717) is 11.3 Å². The minimum Gasteiger partial charge on any atom is -0.464 e. The van der Waals surface area contributed by atoms with E-state index in [-0.39, 0.29) is 16.5 Å². The molecule has 1 aromatic heterocycles. The van der Waals surface area contributed by atoms with Crippen molar-refractivity contribution in [2.45, 2.75) is 0 Å². The third-order valence-electron chi connectivity index (χ3n) is 2.83. The number of hydrogen-bond acceptors (Lipinski definition) is 3. The Morgan fingerprint density at radius 1 is 1.21 bits per heavy atom. The van der Waals surface area contributed by atoms with Crippen LogP contribution in [-0.4, -0.2) is 23.4 Å². The maximum atomic E-state index is 12.3. The number of carbonyl (C=O) groups is 2. The van der Waals surface area contributed by atoms with Crippen LogP contribution in [0.5, 0.6) is 0 Å². The molecule has 0 atom stereocenters. The average Bonchev–Trinajstić information content (AvgIpc) is 2.73. The smallest absolute Gasteiger partial charge is 0.356 e. The van der Waals surface area contributed by atoms with Crippen molar-refractivity contribution in [3.8, 4) is 0 Å². The molecule has 0 spiro atoms. The third kappa shape index (κ3) is 2.39. The van der Waals surface area contributed by atoms with Gasteiger partial charge in [-0.25, -0.2) is 4.79 Å². The van der Waals surface area contributed by atoms with Gasteiger partial charge < -0.3 is 9.30 Å². The number of benzene rings is 1. The highest BCUT2D eigenvalue weighted by atomic mass is 35.5. The van der Waals surface area contributed by atoms with Crippen LogP contribution in [0.25, 0.3) is 0 Å². The topological polar surface area (TPSA) is 48.3 Å². The van der Waals surface area contributed by atoms with E-state index < -0.39 is 5.97 Å². The van der Waals surface area contributed by atoms with Gasteiger partial charge in [-0.3, -0.25) is 4.79 Å². The van der Waals surface area contributed by atoms with Gasteiger partial charge in [0.05, 0.1) is 17.8 Å². The standard InChI is InChI=1S/C14H12ClNO3/c1-16-11(8-10(15)12(16)14(18)19-2)13(17)9-6-4-3-5-7-9/h3-8H,1-2H3. The fraction of sp³-hybridized carbons (Fsp3) is 0.143. The number of hydrogen-bond donors (Lipinski definition) is 0. The Morgan fingerprint density at radius 2 is 1.84 bits per heavy atom. The van der Waals surface area contributed by atoms with Crippen LogP contribution in [0, 0.1) is 0 Å². The van der Waals surface area contributed by atoms with E-state index in [1.807, 2.05) is 6.07 Å². The molecule has 1 heterocycles. The summed E-state index contributed by atoms with van der Waals surface area (Å²) in [7, 11) is 2.87. The second-order valence-corrected chi connectivity index (χ2v) is 4.38. The van der Waals surface area contributed by atoms with Crippen LogP contribution in [0.1, 0.15) is 26.5 Å².